The summed E-state index contributed by atoms with van der Waals surface area (Å²) >= 11 is 5.76. The molecule has 0 saturated carbocycles. The van der Waals surface area contributed by atoms with Crippen molar-refractivity contribution >= 4 is 34.9 Å². The summed E-state index contributed by atoms with van der Waals surface area (Å²) in [5, 5.41) is 3.05. The van der Waals surface area contributed by atoms with E-state index < -0.39 is 0 Å². The molecule has 0 saturated heterocycles. The van der Waals surface area contributed by atoms with Crippen LogP contribution in [0.3, 0.4) is 0 Å². The molecule has 0 bridgehead atoms. The van der Waals surface area contributed by atoms with Crippen LogP contribution in [0.2, 0.25) is 5.15 Å². The summed E-state index contributed by atoms with van der Waals surface area (Å²) in [5.74, 6) is -0.247. The zero-order valence-corrected chi connectivity index (χ0v) is 11.7. The number of rotatable bonds is 3. The number of anilines is 1. The van der Waals surface area contributed by atoms with Crippen LogP contribution in [-0.4, -0.2) is 20.3 Å². The number of imidazole rings is 1. The highest BCUT2D eigenvalue weighted by atomic mass is 35.5. The number of hydrogen-bond acceptors (Lipinski definition) is 3. The molecule has 0 fully saturated rings. The first kappa shape index (κ1) is 13.3. The molecule has 0 atom stereocenters. The van der Waals surface area contributed by atoms with Gasteiger partial charge in [-0.3, -0.25) is 4.79 Å². The molecule has 104 valence electrons. The zero-order chi connectivity index (χ0) is 14.7. The molecule has 3 heterocycles. The van der Waals surface area contributed by atoms with Gasteiger partial charge >= 0.3 is 0 Å². The maximum atomic E-state index is 11.9. The molecule has 0 radical (unpaired) electrons. The second-order valence-corrected chi connectivity index (χ2v) is 4.69. The molecule has 6 heteroatoms. The number of nitrogens with zero attached hydrogens (tertiary/aromatic N) is 3. The van der Waals surface area contributed by atoms with Gasteiger partial charge in [-0.2, -0.15) is 0 Å². The van der Waals surface area contributed by atoms with Crippen molar-refractivity contribution < 1.29 is 4.79 Å². The number of nitrogens with one attached hydrogen (secondary N) is 1. The van der Waals surface area contributed by atoms with Crippen LogP contribution in [0.5, 0.6) is 0 Å². The number of halogens is 1. The second-order valence-electron chi connectivity index (χ2n) is 4.30. The summed E-state index contributed by atoms with van der Waals surface area (Å²) in [6.45, 7) is 0. The molecule has 3 rings (SSSR count). The summed E-state index contributed by atoms with van der Waals surface area (Å²) in [5.41, 5.74) is 2.26. The van der Waals surface area contributed by atoms with Gasteiger partial charge in [0.1, 0.15) is 10.8 Å². The molecule has 0 unspecified atom stereocenters. The average molecular weight is 299 g/mol. The van der Waals surface area contributed by atoms with Crippen molar-refractivity contribution in [1.29, 1.82) is 0 Å². The largest absolute Gasteiger partial charge is 0.322 e. The summed E-state index contributed by atoms with van der Waals surface area (Å²) in [4.78, 5) is 20.0. The Morgan fingerprint density at radius 2 is 2.19 bits per heavy atom. The molecular formula is C15H11ClN4O. The number of pyridine rings is 2. The summed E-state index contributed by atoms with van der Waals surface area (Å²) in [6.07, 6.45) is 8.29. The Morgan fingerprint density at radius 1 is 1.29 bits per heavy atom. The van der Waals surface area contributed by atoms with Crippen LogP contribution in [0, 0.1) is 0 Å². The van der Waals surface area contributed by atoms with Gasteiger partial charge in [-0.25, -0.2) is 9.97 Å². The van der Waals surface area contributed by atoms with Crippen LogP contribution < -0.4 is 5.32 Å². The third-order valence-electron chi connectivity index (χ3n) is 2.85. The lowest BCUT2D eigenvalue weighted by Crippen LogP contribution is -2.07. The smallest absolute Gasteiger partial charge is 0.248 e. The van der Waals surface area contributed by atoms with E-state index in [0.29, 0.717) is 10.8 Å². The van der Waals surface area contributed by atoms with E-state index >= 15 is 0 Å². The lowest BCUT2D eigenvalue weighted by Gasteiger charge is -2.01. The maximum Gasteiger partial charge on any atom is 0.248 e. The van der Waals surface area contributed by atoms with Gasteiger partial charge in [-0.05, 0) is 30.3 Å². The quantitative estimate of drug-likeness (QED) is 0.597. The third kappa shape index (κ3) is 3.09. The highest BCUT2D eigenvalue weighted by molar-refractivity contribution is 6.29. The van der Waals surface area contributed by atoms with E-state index in [1.807, 2.05) is 28.8 Å². The fourth-order valence-electron chi connectivity index (χ4n) is 1.90. The summed E-state index contributed by atoms with van der Waals surface area (Å²) in [6, 6.07) is 8.98. The van der Waals surface area contributed by atoms with Gasteiger partial charge in [0, 0.05) is 24.2 Å². The minimum atomic E-state index is -0.247. The molecule has 1 amide bonds. The second kappa shape index (κ2) is 5.76. The first-order valence-electron chi connectivity index (χ1n) is 6.25. The minimum Gasteiger partial charge on any atom is -0.322 e. The van der Waals surface area contributed by atoms with Crippen LogP contribution >= 0.6 is 11.6 Å². The van der Waals surface area contributed by atoms with Gasteiger partial charge in [0.15, 0.2) is 0 Å². The van der Waals surface area contributed by atoms with Crippen molar-refractivity contribution in [3.05, 3.63) is 65.8 Å². The molecule has 0 aliphatic carbocycles. The number of hydrogen-bond donors (Lipinski definition) is 1. The molecule has 1 N–H and O–H groups in total. The van der Waals surface area contributed by atoms with E-state index in [-0.39, 0.29) is 5.91 Å². The molecule has 0 aromatic carbocycles. The van der Waals surface area contributed by atoms with Crippen LogP contribution in [0.4, 0.5) is 5.69 Å². The number of carbonyl (C=O) groups excluding carboxylic acids is 1. The van der Waals surface area contributed by atoms with Crippen LogP contribution in [0.1, 0.15) is 5.69 Å². The van der Waals surface area contributed by atoms with Crippen LogP contribution in [-0.2, 0) is 4.79 Å². The molecular weight excluding hydrogens is 288 g/mol. The fraction of sp³-hybridized carbons (Fsp3) is 0. The highest BCUT2D eigenvalue weighted by Crippen LogP contribution is 2.12. The molecule has 0 aliphatic heterocycles. The normalized spacial score (nSPS) is 11.1. The molecule has 3 aromatic heterocycles. The number of fused-ring (bicyclic) bond motifs is 1. The van der Waals surface area contributed by atoms with Gasteiger partial charge < -0.3 is 9.72 Å². The molecule has 5 nitrogen and oxygen atoms in total. The highest BCUT2D eigenvalue weighted by Gasteiger charge is 2.01. The zero-order valence-electron chi connectivity index (χ0n) is 10.9. The van der Waals surface area contributed by atoms with Crippen molar-refractivity contribution in [1.82, 2.24) is 14.4 Å². The average Bonchev–Trinajstić information content (AvgIpc) is 2.88. The van der Waals surface area contributed by atoms with E-state index in [4.69, 9.17) is 11.6 Å². The predicted molar refractivity (Wildman–Crippen MR) is 82.1 cm³/mol. The van der Waals surface area contributed by atoms with Crippen molar-refractivity contribution in [2.75, 3.05) is 5.32 Å². The van der Waals surface area contributed by atoms with Crippen LogP contribution in [0.15, 0.2) is 55.0 Å². The first-order valence-corrected chi connectivity index (χ1v) is 6.63. The molecule has 0 spiro atoms. The lowest BCUT2D eigenvalue weighted by molar-refractivity contribution is -0.111. The van der Waals surface area contributed by atoms with Gasteiger partial charge in [-0.15, -0.1) is 0 Å². The van der Waals surface area contributed by atoms with E-state index in [1.165, 1.54) is 12.3 Å². The van der Waals surface area contributed by atoms with E-state index in [0.717, 1.165) is 11.3 Å². The topological polar surface area (TPSA) is 59.3 Å². The predicted octanol–water partition coefficient (Wildman–Crippen LogP) is 3.03. The fourth-order valence-corrected chi connectivity index (χ4v) is 2.07. The first-order chi connectivity index (χ1) is 10.2. The monoisotopic (exact) mass is 298 g/mol. The number of aromatic nitrogens is 3. The Kier molecular flexibility index (Phi) is 3.66. The Bertz CT molecular complexity index is 825. The Balaban J connectivity index is 1.75. The molecule has 21 heavy (non-hydrogen) atoms. The molecule has 0 aliphatic rings. The van der Waals surface area contributed by atoms with E-state index in [1.54, 1.807) is 24.4 Å². The summed E-state index contributed by atoms with van der Waals surface area (Å²) in [7, 11) is 0. The van der Waals surface area contributed by atoms with Gasteiger partial charge in [0.2, 0.25) is 5.91 Å². The number of amides is 1. The van der Waals surface area contributed by atoms with E-state index in [2.05, 4.69) is 15.3 Å². The Hall–Kier alpha value is -2.66. The van der Waals surface area contributed by atoms with Crippen molar-refractivity contribution in [2.24, 2.45) is 0 Å². The Labute approximate surface area is 125 Å². The minimum absolute atomic E-state index is 0.247. The SMILES string of the molecule is O=C(/C=C/c1cnc2ccccn12)Nc1ccnc(Cl)c1. The maximum absolute atomic E-state index is 11.9. The third-order valence-corrected chi connectivity index (χ3v) is 3.05. The van der Waals surface area contributed by atoms with Gasteiger partial charge in [0.25, 0.3) is 0 Å². The summed E-state index contributed by atoms with van der Waals surface area (Å²) < 4.78 is 1.90. The molecule has 3 aromatic rings. The van der Waals surface area contributed by atoms with Gasteiger partial charge in [-0.1, -0.05) is 17.7 Å². The Morgan fingerprint density at radius 3 is 3.05 bits per heavy atom. The van der Waals surface area contributed by atoms with Crippen molar-refractivity contribution in [3.8, 4) is 0 Å². The lowest BCUT2D eigenvalue weighted by atomic mass is 10.3. The standard InChI is InChI=1S/C15H11ClN4O/c16-13-9-11(6-7-17-13)19-15(21)5-4-12-10-18-14-3-1-2-8-20(12)14/h1-10H,(H,17,19,21)/b5-4+. The van der Waals surface area contributed by atoms with Crippen LogP contribution in [0.25, 0.3) is 11.7 Å². The van der Waals surface area contributed by atoms with Gasteiger partial charge in [0.05, 0.1) is 11.9 Å². The van der Waals surface area contributed by atoms with Crippen molar-refractivity contribution in [3.63, 3.8) is 0 Å². The number of carbonyl (C=O) groups is 1. The van der Waals surface area contributed by atoms with E-state index in [9.17, 15) is 4.79 Å². The van der Waals surface area contributed by atoms with Crippen molar-refractivity contribution in [2.45, 2.75) is 0 Å².